The number of amides is 1. The van der Waals surface area contributed by atoms with E-state index in [0.717, 1.165) is 0 Å². The molecule has 0 atom stereocenters. The summed E-state index contributed by atoms with van der Waals surface area (Å²) in [5.41, 5.74) is -0.436. The average Bonchev–Trinajstić information content (AvgIpc) is 2.77. The molecule has 0 aliphatic rings. The maximum atomic E-state index is 11.6. The van der Waals surface area contributed by atoms with Crippen molar-refractivity contribution < 1.29 is 19.4 Å². The van der Waals surface area contributed by atoms with Crippen LogP contribution in [0.15, 0.2) is 5.38 Å². The van der Waals surface area contributed by atoms with E-state index in [0.29, 0.717) is 18.0 Å². The van der Waals surface area contributed by atoms with Gasteiger partial charge in [-0.25, -0.2) is 9.78 Å². The van der Waals surface area contributed by atoms with Crippen LogP contribution in [-0.4, -0.2) is 41.2 Å². The number of carbonyl (C=O) groups is 2. The van der Waals surface area contributed by atoms with E-state index >= 15 is 0 Å². The SMILES string of the molecule is COC(C)(C)CC(=O)NCCc1nc(C(=O)O)cs1. The van der Waals surface area contributed by atoms with Crippen LogP contribution in [0.3, 0.4) is 0 Å². The lowest BCUT2D eigenvalue weighted by Crippen LogP contribution is -2.34. The number of aromatic nitrogens is 1. The van der Waals surface area contributed by atoms with Crippen molar-refractivity contribution in [2.45, 2.75) is 32.3 Å². The summed E-state index contributed by atoms with van der Waals surface area (Å²) in [5, 5.41) is 13.7. The summed E-state index contributed by atoms with van der Waals surface area (Å²) in [6, 6.07) is 0. The topological polar surface area (TPSA) is 88.5 Å². The molecule has 0 fully saturated rings. The predicted octanol–water partition coefficient (Wildman–Crippen LogP) is 1.32. The Morgan fingerprint density at radius 2 is 2.21 bits per heavy atom. The van der Waals surface area contributed by atoms with Gasteiger partial charge in [0.05, 0.1) is 17.0 Å². The van der Waals surface area contributed by atoms with Gasteiger partial charge in [-0.05, 0) is 13.8 Å². The molecule has 0 saturated carbocycles. The molecule has 1 rings (SSSR count). The van der Waals surface area contributed by atoms with Crippen LogP contribution in [0.1, 0.15) is 35.8 Å². The van der Waals surface area contributed by atoms with Gasteiger partial charge in [-0.2, -0.15) is 0 Å². The van der Waals surface area contributed by atoms with Crippen molar-refractivity contribution in [3.8, 4) is 0 Å². The molecule has 1 amide bonds. The summed E-state index contributed by atoms with van der Waals surface area (Å²) in [4.78, 5) is 26.2. The molecule has 0 bridgehead atoms. The zero-order valence-electron chi connectivity index (χ0n) is 11.2. The standard InChI is InChI=1S/C12H18N2O4S/c1-12(2,18-3)6-9(15)13-5-4-10-14-8(7-19-10)11(16)17/h7H,4-6H2,1-3H3,(H,13,15)(H,16,17). The highest BCUT2D eigenvalue weighted by Gasteiger charge is 2.20. The van der Waals surface area contributed by atoms with Crippen LogP contribution in [0, 0.1) is 0 Å². The molecule has 106 valence electrons. The number of nitrogens with zero attached hydrogens (tertiary/aromatic N) is 1. The molecule has 19 heavy (non-hydrogen) atoms. The summed E-state index contributed by atoms with van der Waals surface area (Å²) >= 11 is 1.28. The smallest absolute Gasteiger partial charge is 0.355 e. The minimum Gasteiger partial charge on any atom is -0.476 e. The number of hydrogen-bond acceptors (Lipinski definition) is 5. The lowest BCUT2D eigenvalue weighted by Gasteiger charge is -2.21. The monoisotopic (exact) mass is 286 g/mol. The average molecular weight is 286 g/mol. The van der Waals surface area contributed by atoms with Crippen LogP contribution < -0.4 is 5.32 Å². The van der Waals surface area contributed by atoms with Crippen molar-refractivity contribution in [3.63, 3.8) is 0 Å². The number of thiazole rings is 1. The fraction of sp³-hybridized carbons (Fsp3) is 0.583. The fourth-order valence-corrected chi connectivity index (χ4v) is 2.13. The Morgan fingerprint density at radius 1 is 1.53 bits per heavy atom. The third-order valence-corrected chi connectivity index (χ3v) is 3.48. The van der Waals surface area contributed by atoms with Crippen LogP contribution in [-0.2, 0) is 16.0 Å². The maximum Gasteiger partial charge on any atom is 0.355 e. The number of methoxy groups -OCH3 is 1. The van der Waals surface area contributed by atoms with E-state index in [1.807, 2.05) is 13.8 Å². The van der Waals surface area contributed by atoms with Gasteiger partial charge in [0.2, 0.25) is 5.91 Å². The third-order valence-electron chi connectivity index (χ3n) is 2.57. The highest BCUT2D eigenvalue weighted by molar-refractivity contribution is 7.09. The molecule has 0 spiro atoms. The van der Waals surface area contributed by atoms with Crippen LogP contribution in [0.2, 0.25) is 0 Å². The van der Waals surface area contributed by atoms with Crippen molar-refractivity contribution >= 4 is 23.2 Å². The highest BCUT2D eigenvalue weighted by Crippen LogP contribution is 2.13. The highest BCUT2D eigenvalue weighted by atomic mass is 32.1. The fourth-order valence-electron chi connectivity index (χ4n) is 1.35. The molecule has 0 aliphatic carbocycles. The number of hydrogen-bond donors (Lipinski definition) is 2. The molecule has 0 aliphatic heterocycles. The lowest BCUT2D eigenvalue weighted by atomic mass is 10.1. The van der Waals surface area contributed by atoms with E-state index in [9.17, 15) is 9.59 Å². The lowest BCUT2D eigenvalue weighted by molar-refractivity contribution is -0.126. The third kappa shape index (κ3) is 5.35. The molecule has 6 nitrogen and oxygen atoms in total. The maximum absolute atomic E-state index is 11.6. The number of aromatic carboxylic acids is 1. The molecule has 0 aromatic carbocycles. The second-order valence-electron chi connectivity index (χ2n) is 4.67. The van der Waals surface area contributed by atoms with E-state index in [2.05, 4.69) is 10.3 Å². The number of carbonyl (C=O) groups excluding carboxylic acids is 1. The van der Waals surface area contributed by atoms with Gasteiger partial charge in [0, 0.05) is 25.5 Å². The normalized spacial score (nSPS) is 11.3. The minimum absolute atomic E-state index is 0.0480. The first-order valence-corrected chi connectivity index (χ1v) is 6.71. The Labute approximate surface area is 115 Å². The predicted molar refractivity (Wildman–Crippen MR) is 71.5 cm³/mol. The van der Waals surface area contributed by atoms with Crippen molar-refractivity contribution in [2.24, 2.45) is 0 Å². The molecule has 0 saturated heterocycles. The Balaban J connectivity index is 2.33. The Morgan fingerprint density at radius 3 is 2.74 bits per heavy atom. The van der Waals surface area contributed by atoms with Gasteiger partial charge in [0.1, 0.15) is 0 Å². The number of nitrogens with one attached hydrogen (secondary N) is 1. The molecule has 7 heteroatoms. The number of carboxylic acids is 1. The first-order chi connectivity index (χ1) is 8.84. The summed E-state index contributed by atoms with van der Waals surface area (Å²) in [6.45, 7) is 4.12. The quantitative estimate of drug-likeness (QED) is 0.789. The summed E-state index contributed by atoms with van der Waals surface area (Å²) < 4.78 is 5.17. The van der Waals surface area contributed by atoms with Crippen LogP contribution in [0.5, 0.6) is 0 Å². The Kier molecular flexibility index (Phi) is 5.44. The van der Waals surface area contributed by atoms with Gasteiger partial charge in [-0.3, -0.25) is 4.79 Å². The van der Waals surface area contributed by atoms with Gasteiger partial charge in [-0.15, -0.1) is 11.3 Å². The van der Waals surface area contributed by atoms with Gasteiger partial charge in [0.25, 0.3) is 0 Å². The molecule has 2 N–H and O–H groups in total. The van der Waals surface area contributed by atoms with Gasteiger partial charge >= 0.3 is 5.97 Å². The molecular weight excluding hydrogens is 268 g/mol. The summed E-state index contributed by atoms with van der Waals surface area (Å²) in [5.74, 6) is -1.13. The number of carboxylic acid groups (broad SMARTS) is 1. The van der Waals surface area contributed by atoms with Crippen molar-refractivity contribution in [1.29, 1.82) is 0 Å². The zero-order chi connectivity index (χ0) is 14.5. The first kappa shape index (κ1) is 15.6. The molecular formula is C12H18N2O4S. The van der Waals surface area contributed by atoms with E-state index < -0.39 is 11.6 Å². The first-order valence-electron chi connectivity index (χ1n) is 5.83. The van der Waals surface area contributed by atoms with Crippen LogP contribution >= 0.6 is 11.3 Å². The van der Waals surface area contributed by atoms with Gasteiger partial charge in [0.15, 0.2) is 5.69 Å². The second kappa shape index (κ2) is 6.63. The summed E-state index contributed by atoms with van der Waals surface area (Å²) in [6.07, 6.45) is 0.804. The molecule has 1 aromatic heterocycles. The zero-order valence-corrected chi connectivity index (χ0v) is 12.0. The molecule has 0 radical (unpaired) electrons. The second-order valence-corrected chi connectivity index (χ2v) is 5.61. The minimum atomic E-state index is -1.03. The van der Waals surface area contributed by atoms with Crippen molar-refractivity contribution in [3.05, 3.63) is 16.1 Å². The number of ether oxygens (including phenoxy) is 1. The van der Waals surface area contributed by atoms with E-state index in [-0.39, 0.29) is 18.0 Å². The van der Waals surface area contributed by atoms with E-state index in [4.69, 9.17) is 9.84 Å². The Bertz CT molecular complexity index is 456. The van der Waals surface area contributed by atoms with Gasteiger partial charge in [-0.1, -0.05) is 0 Å². The van der Waals surface area contributed by atoms with Crippen molar-refractivity contribution in [1.82, 2.24) is 10.3 Å². The van der Waals surface area contributed by atoms with E-state index in [1.54, 1.807) is 7.11 Å². The number of rotatable bonds is 7. The van der Waals surface area contributed by atoms with Gasteiger partial charge < -0.3 is 15.2 Å². The molecule has 0 unspecified atom stereocenters. The van der Waals surface area contributed by atoms with Crippen LogP contribution in [0.4, 0.5) is 0 Å². The Hall–Kier alpha value is -1.47. The largest absolute Gasteiger partial charge is 0.476 e. The van der Waals surface area contributed by atoms with Crippen molar-refractivity contribution in [2.75, 3.05) is 13.7 Å². The van der Waals surface area contributed by atoms with Crippen LogP contribution in [0.25, 0.3) is 0 Å². The van der Waals surface area contributed by atoms with E-state index in [1.165, 1.54) is 16.7 Å². The molecule has 1 heterocycles. The molecule has 1 aromatic rings. The summed E-state index contributed by atoms with van der Waals surface area (Å²) in [7, 11) is 1.57.